The quantitative estimate of drug-likeness (QED) is 0.892. The first kappa shape index (κ1) is 13.7. The molecule has 3 N–H and O–H groups in total. The van der Waals surface area contributed by atoms with E-state index >= 15 is 0 Å². The number of carboxylic acid groups (broad SMARTS) is 1. The van der Waals surface area contributed by atoms with Gasteiger partial charge in [0, 0.05) is 10.4 Å². The number of fused-ring (bicyclic) bond motifs is 1. The van der Waals surface area contributed by atoms with E-state index in [1.807, 2.05) is 0 Å². The molecule has 0 saturated heterocycles. The van der Waals surface area contributed by atoms with Crippen molar-refractivity contribution in [1.29, 1.82) is 0 Å². The van der Waals surface area contributed by atoms with Gasteiger partial charge in [0.05, 0.1) is 0 Å². The van der Waals surface area contributed by atoms with Gasteiger partial charge in [-0.1, -0.05) is 11.6 Å². The molecule has 0 bridgehead atoms. The van der Waals surface area contributed by atoms with E-state index in [1.165, 1.54) is 18.2 Å². The summed E-state index contributed by atoms with van der Waals surface area (Å²) in [4.78, 5) is 10.9. The lowest BCUT2D eigenvalue weighted by Gasteiger charge is -2.24. The molecule has 0 amide bonds. The van der Waals surface area contributed by atoms with E-state index in [4.69, 9.17) is 26.9 Å². The first-order valence-corrected chi connectivity index (χ1v) is 5.32. The molecule has 102 valence electrons. The molecule has 2 aromatic rings. The molecule has 0 aliphatic heterocycles. The van der Waals surface area contributed by atoms with Crippen LogP contribution >= 0.6 is 11.6 Å². The third-order valence-electron chi connectivity index (χ3n) is 2.65. The van der Waals surface area contributed by atoms with Gasteiger partial charge in [0.1, 0.15) is 11.3 Å². The minimum absolute atomic E-state index is 0.0692. The van der Waals surface area contributed by atoms with Gasteiger partial charge in [0.25, 0.3) is 5.54 Å². The van der Waals surface area contributed by atoms with Crippen LogP contribution in [-0.2, 0) is 10.3 Å². The van der Waals surface area contributed by atoms with Crippen molar-refractivity contribution < 1.29 is 27.5 Å². The number of furan rings is 1. The smallest absolute Gasteiger partial charge is 0.424 e. The Bertz CT molecular complexity index is 652. The Hall–Kier alpha value is -1.73. The highest BCUT2D eigenvalue weighted by molar-refractivity contribution is 6.31. The standard InChI is InChI=1S/C11H7ClF3NO3/c12-6-1-2-7-5(3-6)4-8(19-7)10(16,9(17)18)11(13,14)15/h1-4H,16H2,(H,17,18). The van der Waals surface area contributed by atoms with Gasteiger partial charge in [0.2, 0.25) is 0 Å². The number of rotatable bonds is 2. The van der Waals surface area contributed by atoms with Gasteiger partial charge < -0.3 is 15.3 Å². The van der Waals surface area contributed by atoms with Gasteiger partial charge in [-0.15, -0.1) is 0 Å². The van der Waals surface area contributed by atoms with Crippen molar-refractivity contribution >= 4 is 28.5 Å². The Balaban J connectivity index is 2.67. The third-order valence-corrected chi connectivity index (χ3v) is 2.89. The normalized spacial score (nSPS) is 15.4. The highest BCUT2D eigenvalue weighted by atomic mass is 35.5. The molecule has 0 radical (unpaired) electrons. The summed E-state index contributed by atoms with van der Waals surface area (Å²) in [7, 11) is 0. The van der Waals surface area contributed by atoms with Crippen molar-refractivity contribution in [2.45, 2.75) is 11.7 Å². The van der Waals surface area contributed by atoms with Gasteiger partial charge in [-0.05, 0) is 24.3 Å². The van der Waals surface area contributed by atoms with Crippen molar-refractivity contribution in [2.24, 2.45) is 5.73 Å². The SMILES string of the molecule is NC(C(=O)O)(c1cc2cc(Cl)ccc2o1)C(F)(F)F. The van der Waals surface area contributed by atoms with Crippen LogP contribution in [0.15, 0.2) is 28.7 Å². The fraction of sp³-hybridized carbons (Fsp3) is 0.182. The van der Waals surface area contributed by atoms with Gasteiger partial charge in [-0.3, -0.25) is 0 Å². The van der Waals surface area contributed by atoms with Gasteiger partial charge >= 0.3 is 12.1 Å². The minimum atomic E-state index is -5.20. The van der Waals surface area contributed by atoms with Crippen molar-refractivity contribution in [1.82, 2.24) is 0 Å². The molecule has 2 rings (SSSR count). The summed E-state index contributed by atoms with van der Waals surface area (Å²) in [6.45, 7) is 0. The molecule has 1 atom stereocenters. The number of carbonyl (C=O) groups is 1. The first-order chi connectivity index (χ1) is 8.66. The number of hydrogen-bond donors (Lipinski definition) is 2. The summed E-state index contributed by atoms with van der Waals surface area (Å²) < 4.78 is 43.5. The van der Waals surface area contributed by atoms with Crippen LogP contribution in [-0.4, -0.2) is 17.3 Å². The number of carboxylic acids is 1. The molecule has 0 fully saturated rings. The van der Waals surface area contributed by atoms with Crippen molar-refractivity contribution in [3.8, 4) is 0 Å². The topological polar surface area (TPSA) is 76.5 Å². The monoisotopic (exact) mass is 293 g/mol. The number of hydrogen-bond acceptors (Lipinski definition) is 3. The Morgan fingerprint density at radius 3 is 2.47 bits per heavy atom. The van der Waals surface area contributed by atoms with E-state index in [-0.39, 0.29) is 16.0 Å². The van der Waals surface area contributed by atoms with Crippen LogP contribution in [0.25, 0.3) is 11.0 Å². The molecule has 0 saturated carbocycles. The van der Waals surface area contributed by atoms with Crippen molar-refractivity contribution in [2.75, 3.05) is 0 Å². The van der Waals surface area contributed by atoms with Crippen LogP contribution < -0.4 is 5.73 Å². The van der Waals surface area contributed by atoms with Crippen molar-refractivity contribution in [3.05, 3.63) is 35.0 Å². The molecule has 1 unspecified atom stereocenters. The Morgan fingerprint density at radius 2 is 1.95 bits per heavy atom. The molecule has 1 heterocycles. The Morgan fingerprint density at radius 1 is 1.32 bits per heavy atom. The highest BCUT2D eigenvalue weighted by Crippen LogP contribution is 2.39. The van der Waals surface area contributed by atoms with E-state index in [0.29, 0.717) is 0 Å². The Kier molecular flexibility index (Phi) is 2.98. The lowest BCUT2D eigenvalue weighted by molar-refractivity contribution is -0.208. The maximum absolute atomic E-state index is 12.9. The fourth-order valence-electron chi connectivity index (χ4n) is 1.57. The summed E-state index contributed by atoms with van der Waals surface area (Å²) >= 11 is 5.68. The first-order valence-electron chi connectivity index (χ1n) is 4.95. The van der Waals surface area contributed by atoms with Crippen LogP contribution in [0.5, 0.6) is 0 Å². The average Bonchev–Trinajstić information content (AvgIpc) is 2.68. The summed E-state index contributed by atoms with van der Waals surface area (Å²) in [5.41, 5.74) is 1.46. The molecule has 0 aliphatic rings. The predicted molar refractivity (Wildman–Crippen MR) is 60.8 cm³/mol. The van der Waals surface area contributed by atoms with E-state index in [9.17, 15) is 18.0 Å². The molecule has 8 heteroatoms. The average molecular weight is 294 g/mol. The second-order valence-electron chi connectivity index (χ2n) is 3.90. The number of aliphatic carboxylic acids is 1. The fourth-order valence-corrected chi connectivity index (χ4v) is 1.76. The summed E-state index contributed by atoms with van der Waals surface area (Å²) in [5, 5.41) is 9.29. The van der Waals surface area contributed by atoms with E-state index in [2.05, 4.69) is 0 Å². The summed E-state index contributed by atoms with van der Waals surface area (Å²) in [6.07, 6.45) is -5.20. The summed E-state index contributed by atoms with van der Waals surface area (Å²) in [5.74, 6) is -3.14. The molecular weight excluding hydrogens is 287 g/mol. The number of alkyl halides is 3. The zero-order valence-corrected chi connectivity index (χ0v) is 9.92. The second kappa shape index (κ2) is 4.14. The van der Waals surface area contributed by atoms with E-state index in [0.717, 1.165) is 6.07 Å². The largest absolute Gasteiger partial charge is 0.479 e. The molecular formula is C11H7ClF3NO3. The maximum atomic E-state index is 12.9. The van der Waals surface area contributed by atoms with E-state index < -0.39 is 23.4 Å². The zero-order chi connectivity index (χ0) is 14.4. The summed E-state index contributed by atoms with van der Waals surface area (Å²) in [6, 6.07) is 5.01. The molecule has 0 spiro atoms. The Labute approximate surface area is 109 Å². The molecule has 19 heavy (non-hydrogen) atoms. The molecule has 1 aromatic heterocycles. The highest BCUT2D eigenvalue weighted by Gasteiger charge is 2.62. The van der Waals surface area contributed by atoms with E-state index in [1.54, 1.807) is 0 Å². The molecule has 4 nitrogen and oxygen atoms in total. The number of nitrogens with two attached hydrogens (primary N) is 1. The number of benzene rings is 1. The zero-order valence-electron chi connectivity index (χ0n) is 9.16. The molecule has 0 aliphatic carbocycles. The van der Waals surface area contributed by atoms with Gasteiger partial charge in [0.15, 0.2) is 0 Å². The maximum Gasteiger partial charge on any atom is 0.424 e. The van der Waals surface area contributed by atoms with Crippen LogP contribution in [0.4, 0.5) is 13.2 Å². The van der Waals surface area contributed by atoms with Crippen molar-refractivity contribution in [3.63, 3.8) is 0 Å². The second-order valence-corrected chi connectivity index (χ2v) is 4.34. The van der Waals surface area contributed by atoms with Crippen LogP contribution in [0.3, 0.4) is 0 Å². The lowest BCUT2D eigenvalue weighted by atomic mass is 9.97. The van der Waals surface area contributed by atoms with Crippen LogP contribution in [0.2, 0.25) is 5.02 Å². The lowest BCUT2D eigenvalue weighted by Crippen LogP contribution is -2.56. The predicted octanol–water partition coefficient (Wildman–Crippen LogP) is 2.89. The van der Waals surface area contributed by atoms with Gasteiger partial charge in [-0.25, -0.2) is 4.79 Å². The molecule has 1 aromatic carbocycles. The van der Waals surface area contributed by atoms with Crippen LogP contribution in [0.1, 0.15) is 5.76 Å². The number of halogens is 4. The van der Waals surface area contributed by atoms with Crippen LogP contribution in [0, 0.1) is 0 Å². The van der Waals surface area contributed by atoms with Gasteiger partial charge in [-0.2, -0.15) is 13.2 Å². The minimum Gasteiger partial charge on any atom is -0.479 e. The third kappa shape index (κ3) is 2.04.